The number of halogens is 1. The number of benzene rings is 1. The summed E-state index contributed by atoms with van der Waals surface area (Å²) in [6.07, 6.45) is 4.06. The van der Waals surface area contributed by atoms with Crippen LogP contribution in [0.5, 0.6) is 5.75 Å². The SMILES string of the molecule is Cc1cc(OCC2CCC2)c(C)cc1Br. The summed E-state index contributed by atoms with van der Waals surface area (Å²) in [5.74, 6) is 1.84. The molecule has 1 fully saturated rings. The van der Waals surface area contributed by atoms with E-state index in [1.165, 1.54) is 30.4 Å². The van der Waals surface area contributed by atoms with E-state index in [2.05, 4.69) is 41.9 Å². The molecule has 0 bridgehead atoms. The predicted octanol–water partition coefficient (Wildman–Crippen LogP) is 4.24. The van der Waals surface area contributed by atoms with Gasteiger partial charge in [-0.25, -0.2) is 0 Å². The van der Waals surface area contributed by atoms with Gasteiger partial charge in [0.1, 0.15) is 5.75 Å². The van der Waals surface area contributed by atoms with Crippen molar-refractivity contribution in [3.05, 3.63) is 27.7 Å². The Morgan fingerprint density at radius 1 is 1.27 bits per heavy atom. The highest BCUT2D eigenvalue weighted by molar-refractivity contribution is 9.10. The molecule has 2 rings (SSSR count). The molecule has 0 aliphatic heterocycles. The molecule has 1 aromatic carbocycles. The van der Waals surface area contributed by atoms with Crippen LogP contribution in [0, 0.1) is 19.8 Å². The zero-order chi connectivity index (χ0) is 10.8. The summed E-state index contributed by atoms with van der Waals surface area (Å²) < 4.78 is 7.02. The van der Waals surface area contributed by atoms with Gasteiger partial charge in [-0.1, -0.05) is 22.4 Å². The maximum absolute atomic E-state index is 5.86. The lowest BCUT2D eigenvalue weighted by Crippen LogP contribution is -2.19. The first kappa shape index (κ1) is 11.0. The molecule has 2 heteroatoms. The Morgan fingerprint density at radius 2 is 2.00 bits per heavy atom. The molecule has 0 radical (unpaired) electrons. The standard InChI is InChI=1S/C13H17BrO/c1-9-7-13(10(2)6-12(9)14)15-8-11-4-3-5-11/h6-7,11H,3-5,8H2,1-2H3. The minimum atomic E-state index is 0.799. The Morgan fingerprint density at radius 3 is 2.60 bits per heavy atom. The van der Waals surface area contributed by atoms with Gasteiger partial charge in [0, 0.05) is 4.47 Å². The summed E-state index contributed by atoms with van der Waals surface area (Å²) in [6.45, 7) is 5.09. The highest BCUT2D eigenvalue weighted by Gasteiger charge is 2.18. The molecule has 0 heterocycles. The second-order valence-corrected chi connectivity index (χ2v) is 5.33. The van der Waals surface area contributed by atoms with E-state index in [9.17, 15) is 0 Å². The third kappa shape index (κ3) is 2.54. The van der Waals surface area contributed by atoms with Crippen LogP contribution in [0.25, 0.3) is 0 Å². The van der Waals surface area contributed by atoms with Crippen molar-refractivity contribution in [1.82, 2.24) is 0 Å². The van der Waals surface area contributed by atoms with E-state index in [0.717, 1.165) is 22.7 Å². The van der Waals surface area contributed by atoms with E-state index >= 15 is 0 Å². The van der Waals surface area contributed by atoms with E-state index < -0.39 is 0 Å². The lowest BCUT2D eigenvalue weighted by atomic mass is 9.86. The molecule has 1 saturated carbocycles. The van der Waals surface area contributed by atoms with Crippen molar-refractivity contribution in [2.24, 2.45) is 5.92 Å². The number of hydrogen-bond acceptors (Lipinski definition) is 1. The third-order valence-corrected chi connectivity index (χ3v) is 4.01. The number of hydrogen-bond donors (Lipinski definition) is 0. The molecule has 0 saturated heterocycles. The maximum Gasteiger partial charge on any atom is 0.122 e. The van der Waals surface area contributed by atoms with Gasteiger partial charge in [-0.15, -0.1) is 0 Å². The average molecular weight is 269 g/mol. The van der Waals surface area contributed by atoms with Crippen LogP contribution in [0.3, 0.4) is 0 Å². The van der Waals surface area contributed by atoms with Gasteiger partial charge < -0.3 is 4.74 Å². The van der Waals surface area contributed by atoms with Crippen LogP contribution < -0.4 is 4.74 Å². The summed E-state index contributed by atoms with van der Waals surface area (Å²) in [4.78, 5) is 0. The largest absolute Gasteiger partial charge is 0.493 e. The molecular weight excluding hydrogens is 252 g/mol. The Labute approximate surface area is 100.0 Å². The molecule has 0 unspecified atom stereocenters. The zero-order valence-corrected chi connectivity index (χ0v) is 10.9. The summed E-state index contributed by atoms with van der Waals surface area (Å²) in [6, 6.07) is 4.25. The molecule has 0 spiro atoms. The van der Waals surface area contributed by atoms with E-state index in [-0.39, 0.29) is 0 Å². The Hall–Kier alpha value is -0.500. The fourth-order valence-corrected chi connectivity index (χ4v) is 2.23. The van der Waals surface area contributed by atoms with Gasteiger partial charge in [0.2, 0.25) is 0 Å². The van der Waals surface area contributed by atoms with Crippen molar-refractivity contribution < 1.29 is 4.74 Å². The second kappa shape index (κ2) is 4.56. The van der Waals surface area contributed by atoms with Crippen LogP contribution in [-0.4, -0.2) is 6.61 Å². The van der Waals surface area contributed by atoms with Crippen molar-refractivity contribution >= 4 is 15.9 Å². The summed E-state index contributed by atoms with van der Waals surface area (Å²) >= 11 is 3.53. The van der Waals surface area contributed by atoms with E-state index in [0.29, 0.717) is 0 Å². The van der Waals surface area contributed by atoms with E-state index in [1.54, 1.807) is 0 Å². The molecule has 82 valence electrons. The van der Waals surface area contributed by atoms with Crippen LogP contribution in [0.4, 0.5) is 0 Å². The van der Waals surface area contributed by atoms with Gasteiger partial charge >= 0.3 is 0 Å². The molecule has 1 nitrogen and oxygen atoms in total. The lowest BCUT2D eigenvalue weighted by molar-refractivity contribution is 0.180. The number of rotatable bonds is 3. The Kier molecular flexibility index (Phi) is 3.35. The monoisotopic (exact) mass is 268 g/mol. The van der Waals surface area contributed by atoms with Crippen molar-refractivity contribution in [3.63, 3.8) is 0 Å². The van der Waals surface area contributed by atoms with Gasteiger partial charge in [-0.05, 0) is 55.9 Å². The molecular formula is C13H17BrO. The number of aryl methyl sites for hydroxylation is 2. The van der Waals surface area contributed by atoms with E-state index in [4.69, 9.17) is 4.74 Å². The minimum Gasteiger partial charge on any atom is -0.493 e. The number of ether oxygens (including phenoxy) is 1. The highest BCUT2D eigenvalue weighted by Crippen LogP contribution is 2.30. The fourth-order valence-electron chi connectivity index (χ4n) is 1.78. The van der Waals surface area contributed by atoms with Gasteiger partial charge in [0.15, 0.2) is 0 Å². The first-order valence-electron chi connectivity index (χ1n) is 5.56. The van der Waals surface area contributed by atoms with Gasteiger partial charge in [-0.2, -0.15) is 0 Å². The summed E-state index contributed by atoms with van der Waals surface area (Å²) in [5, 5.41) is 0. The van der Waals surface area contributed by atoms with Crippen LogP contribution in [0.15, 0.2) is 16.6 Å². The zero-order valence-electron chi connectivity index (χ0n) is 9.35. The topological polar surface area (TPSA) is 9.23 Å². The first-order valence-corrected chi connectivity index (χ1v) is 6.35. The molecule has 1 aliphatic rings. The van der Waals surface area contributed by atoms with Crippen LogP contribution >= 0.6 is 15.9 Å². The summed E-state index contributed by atoms with van der Waals surface area (Å²) in [7, 11) is 0. The van der Waals surface area contributed by atoms with Crippen LogP contribution in [0.2, 0.25) is 0 Å². The minimum absolute atomic E-state index is 0.799. The van der Waals surface area contributed by atoms with Crippen LogP contribution in [0.1, 0.15) is 30.4 Å². The maximum atomic E-state index is 5.86. The fraction of sp³-hybridized carbons (Fsp3) is 0.538. The third-order valence-electron chi connectivity index (χ3n) is 3.16. The molecule has 0 N–H and O–H groups in total. The quantitative estimate of drug-likeness (QED) is 0.797. The average Bonchev–Trinajstić information content (AvgIpc) is 2.11. The molecule has 1 aliphatic carbocycles. The van der Waals surface area contributed by atoms with Gasteiger partial charge in [0.05, 0.1) is 6.61 Å². The van der Waals surface area contributed by atoms with E-state index in [1.807, 2.05) is 0 Å². The van der Waals surface area contributed by atoms with Gasteiger partial charge in [-0.3, -0.25) is 0 Å². The Bertz CT molecular complexity index is 356. The van der Waals surface area contributed by atoms with Gasteiger partial charge in [0.25, 0.3) is 0 Å². The normalized spacial score (nSPS) is 16.2. The first-order chi connectivity index (χ1) is 7.16. The molecule has 1 aromatic rings. The molecule has 0 atom stereocenters. The summed E-state index contributed by atoms with van der Waals surface area (Å²) in [5.41, 5.74) is 2.45. The van der Waals surface area contributed by atoms with Crippen molar-refractivity contribution in [1.29, 1.82) is 0 Å². The van der Waals surface area contributed by atoms with Crippen LogP contribution in [-0.2, 0) is 0 Å². The molecule has 0 amide bonds. The smallest absolute Gasteiger partial charge is 0.122 e. The molecule has 15 heavy (non-hydrogen) atoms. The van der Waals surface area contributed by atoms with Crippen molar-refractivity contribution in [3.8, 4) is 5.75 Å². The Balaban J connectivity index is 2.03. The lowest BCUT2D eigenvalue weighted by Gasteiger charge is -2.25. The van der Waals surface area contributed by atoms with Crippen molar-refractivity contribution in [2.45, 2.75) is 33.1 Å². The second-order valence-electron chi connectivity index (χ2n) is 4.47. The van der Waals surface area contributed by atoms with Crippen molar-refractivity contribution in [2.75, 3.05) is 6.61 Å². The highest BCUT2D eigenvalue weighted by atomic mass is 79.9. The molecule has 0 aromatic heterocycles. The predicted molar refractivity (Wildman–Crippen MR) is 66.5 cm³/mol.